The van der Waals surface area contributed by atoms with E-state index < -0.39 is 0 Å². The predicted octanol–water partition coefficient (Wildman–Crippen LogP) is 3.67. The van der Waals surface area contributed by atoms with Gasteiger partial charge in [-0.15, -0.1) is 11.6 Å². The standard InChI is InChI=1S/C9H10BrCl/c1-7-2-4-8(5-3-7)9(11)6-10/h2-5,9H,6H2,1H3. The molecule has 0 saturated heterocycles. The predicted molar refractivity (Wildman–Crippen MR) is 53.6 cm³/mol. The van der Waals surface area contributed by atoms with E-state index in [4.69, 9.17) is 11.6 Å². The maximum Gasteiger partial charge on any atom is 0.0682 e. The highest BCUT2D eigenvalue weighted by Gasteiger charge is 2.03. The number of halogens is 2. The highest BCUT2D eigenvalue weighted by Crippen LogP contribution is 2.22. The van der Waals surface area contributed by atoms with Crippen LogP contribution in [0.15, 0.2) is 24.3 Å². The molecule has 0 aliphatic carbocycles. The third kappa shape index (κ3) is 2.49. The first kappa shape index (κ1) is 9.08. The van der Waals surface area contributed by atoms with E-state index in [9.17, 15) is 0 Å². The van der Waals surface area contributed by atoms with Crippen molar-refractivity contribution in [3.8, 4) is 0 Å². The molecule has 11 heavy (non-hydrogen) atoms. The van der Waals surface area contributed by atoms with E-state index in [1.54, 1.807) is 0 Å². The Morgan fingerprint density at radius 2 is 1.91 bits per heavy atom. The number of rotatable bonds is 2. The van der Waals surface area contributed by atoms with Crippen molar-refractivity contribution in [1.29, 1.82) is 0 Å². The van der Waals surface area contributed by atoms with Crippen molar-refractivity contribution in [3.63, 3.8) is 0 Å². The lowest BCUT2D eigenvalue weighted by atomic mass is 10.1. The third-order valence-electron chi connectivity index (χ3n) is 1.57. The van der Waals surface area contributed by atoms with Crippen molar-refractivity contribution >= 4 is 27.5 Å². The van der Waals surface area contributed by atoms with E-state index in [1.807, 2.05) is 0 Å². The summed E-state index contributed by atoms with van der Waals surface area (Å²) < 4.78 is 0. The smallest absolute Gasteiger partial charge is 0.0682 e. The minimum absolute atomic E-state index is 0.0931. The SMILES string of the molecule is Cc1ccc(C(Cl)CBr)cc1. The number of alkyl halides is 2. The summed E-state index contributed by atoms with van der Waals surface area (Å²) in [6.07, 6.45) is 0. The van der Waals surface area contributed by atoms with E-state index >= 15 is 0 Å². The quantitative estimate of drug-likeness (QED) is 0.684. The van der Waals surface area contributed by atoms with Gasteiger partial charge in [0, 0.05) is 5.33 Å². The molecule has 0 heterocycles. The van der Waals surface area contributed by atoms with Gasteiger partial charge in [-0.2, -0.15) is 0 Å². The molecule has 0 fully saturated rings. The van der Waals surface area contributed by atoms with Gasteiger partial charge >= 0.3 is 0 Å². The van der Waals surface area contributed by atoms with Crippen molar-refractivity contribution in [3.05, 3.63) is 35.4 Å². The second-order valence-electron chi connectivity index (χ2n) is 2.53. The molecule has 0 N–H and O–H groups in total. The summed E-state index contributed by atoms with van der Waals surface area (Å²) in [7, 11) is 0. The van der Waals surface area contributed by atoms with Gasteiger partial charge in [0.2, 0.25) is 0 Å². The highest BCUT2D eigenvalue weighted by molar-refractivity contribution is 9.09. The molecule has 0 spiro atoms. The number of benzene rings is 1. The number of hydrogen-bond acceptors (Lipinski definition) is 0. The molecule has 0 aliphatic rings. The molecule has 60 valence electrons. The fourth-order valence-corrected chi connectivity index (χ4v) is 1.38. The molecule has 0 aliphatic heterocycles. The molecule has 2 heteroatoms. The molecule has 1 unspecified atom stereocenters. The normalized spacial score (nSPS) is 13.0. The minimum Gasteiger partial charge on any atom is -0.117 e. The molecule has 1 aromatic carbocycles. The number of aryl methyl sites for hydroxylation is 1. The summed E-state index contributed by atoms with van der Waals surface area (Å²) in [5.41, 5.74) is 2.45. The van der Waals surface area contributed by atoms with Crippen molar-refractivity contribution in [2.24, 2.45) is 0 Å². The first-order chi connectivity index (χ1) is 5.24. The topological polar surface area (TPSA) is 0 Å². The van der Waals surface area contributed by atoms with Gasteiger partial charge in [0.25, 0.3) is 0 Å². The first-order valence-corrected chi connectivity index (χ1v) is 5.06. The van der Waals surface area contributed by atoms with Gasteiger partial charge in [-0.1, -0.05) is 45.8 Å². The van der Waals surface area contributed by atoms with E-state index in [0.717, 1.165) is 5.33 Å². The van der Waals surface area contributed by atoms with Crippen molar-refractivity contribution < 1.29 is 0 Å². The van der Waals surface area contributed by atoms with Gasteiger partial charge in [-0.25, -0.2) is 0 Å². The van der Waals surface area contributed by atoms with Crippen LogP contribution in [-0.4, -0.2) is 5.33 Å². The van der Waals surface area contributed by atoms with Gasteiger partial charge in [0.1, 0.15) is 0 Å². The van der Waals surface area contributed by atoms with E-state index in [2.05, 4.69) is 47.1 Å². The van der Waals surface area contributed by atoms with Crippen LogP contribution in [0.5, 0.6) is 0 Å². The molecule has 0 aromatic heterocycles. The van der Waals surface area contributed by atoms with Gasteiger partial charge in [-0.3, -0.25) is 0 Å². The van der Waals surface area contributed by atoms with Crippen LogP contribution < -0.4 is 0 Å². The van der Waals surface area contributed by atoms with Crippen LogP contribution >= 0.6 is 27.5 Å². The second kappa shape index (κ2) is 4.13. The lowest BCUT2D eigenvalue weighted by molar-refractivity contribution is 1.11. The summed E-state index contributed by atoms with van der Waals surface area (Å²) in [6, 6.07) is 8.28. The van der Waals surface area contributed by atoms with Crippen LogP contribution in [-0.2, 0) is 0 Å². The summed E-state index contributed by atoms with van der Waals surface area (Å²) in [5.74, 6) is 0. The van der Waals surface area contributed by atoms with Crippen LogP contribution in [0.3, 0.4) is 0 Å². The molecule has 0 bridgehead atoms. The molecule has 0 amide bonds. The summed E-state index contributed by atoms with van der Waals surface area (Å²) >= 11 is 9.33. The zero-order valence-electron chi connectivity index (χ0n) is 6.35. The van der Waals surface area contributed by atoms with Crippen LogP contribution in [0.25, 0.3) is 0 Å². The van der Waals surface area contributed by atoms with E-state index in [1.165, 1.54) is 11.1 Å². The van der Waals surface area contributed by atoms with Gasteiger partial charge in [0.05, 0.1) is 5.38 Å². The fraction of sp³-hybridized carbons (Fsp3) is 0.333. The third-order valence-corrected chi connectivity index (χ3v) is 3.00. The Labute approximate surface area is 80.7 Å². The lowest BCUT2D eigenvalue weighted by Crippen LogP contribution is -1.90. The molecule has 0 radical (unpaired) electrons. The average Bonchev–Trinajstić information content (AvgIpc) is 2.05. The molecule has 0 saturated carbocycles. The van der Waals surface area contributed by atoms with Crippen molar-refractivity contribution in [1.82, 2.24) is 0 Å². The largest absolute Gasteiger partial charge is 0.117 e. The molecular weight excluding hydrogens is 223 g/mol. The lowest BCUT2D eigenvalue weighted by Gasteiger charge is -2.04. The van der Waals surface area contributed by atoms with Gasteiger partial charge < -0.3 is 0 Å². The Morgan fingerprint density at radius 3 is 2.36 bits per heavy atom. The molecular formula is C9H10BrCl. The Balaban J connectivity index is 2.81. The molecule has 1 aromatic rings. The number of hydrogen-bond donors (Lipinski definition) is 0. The van der Waals surface area contributed by atoms with Crippen LogP contribution in [0, 0.1) is 6.92 Å². The fourth-order valence-electron chi connectivity index (χ4n) is 0.864. The Kier molecular flexibility index (Phi) is 3.41. The Hall–Kier alpha value is -0.0100. The van der Waals surface area contributed by atoms with Crippen LogP contribution in [0.2, 0.25) is 0 Å². The highest BCUT2D eigenvalue weighted by atomic mass is 79.9. The van der Waals surface area contributed by atoms with Crippen LogP contribution in [0.1, 0.15) is 16.5 Å². The molecule has 1 atom stereocenters. The monoisotopic (exact) mass is 232 g/mol. The van der Waals surface area contributed by atoms with E-state index in [-0.39, 0.29) is 5.38 Å². The summed E-state index contributed by atoms with van der Waals surface area (Å²) in [4.78, 5) is 0. The van der Waals surface area contributed by atoms with Crippen molar-refractivity contribution in [2.75, 3.05) is 5.33 Å². The summed E-state index contributed by atoms with van der Waals surface area (Å²) in [5, 5.41) is 0.896. The molecule has 0 nitrogen and oxygen atoms in total. The molecule has 1 rings (SSSR count). The maximum absolute atomic E-state index is 6.00. The Morgan fingerprint density at radius 1 is 1.36 bits per heavy atom. The van der Waals surface area contributed by atoms with Crippen LogP contribution in [0.4, 0.5) is 0 Å². The average molecular weight is 234 g/mol. The van der Waals surface area contributed by atoms with Crippen molar-refractivity contribution in [2.45, 2.75) is 12.3 Å². The van der Waals surface area contributed by atoms with E-state index in [0.29, 0.717) is 0 Å². The van der Waals surface area contributed by atoms with Gasteiger partial charge in [0.15, 0.2) is 0 Å². The summed E-state index contributed by atoms with van der Waals surface area (Å²) in [6.45, 7) is 2.07. The Bertz CT molecular complexity index is 218. The first-order valence-electron chi connectivity index (χ1n) is 3.50. The zero-order valence-corrected chi connectivity index (χ0v) is 8.69. The second-order valence-corrected chi connectivity index (χ2v) is 3.71. The van der Waals surface area contributed by atoms with Gasteiger partial charge in [-0.05, 0) is 12.5 Å². The zero-order chi connectivity index (χ0) is 8.27. The maximum atomic E-state index is 6.00. The minimum atomic E-state index is 0.0931.